The second kappa shape index (κ2) is 9.66. The lowest BCUT2D eigenvalue weighted by Gasteiger charge is -2.56. The number of carbonyl (C=O) groups is 1. The van der Waals surface area contributed by atoms with E-state index in [9.17, 15) is 4.79 Å². The van der Waals surface area contributed by atoms with Crippen molar-refractivity contribution in [3.05, 3.63) is 92.6 Å². The zero-order valence-corrected chi connectivity index (χ0v) is 23.7. The number of aryl methyl sites for hydroxylation is 1. The number of nitrogens with zero attached hydrogens (tertiary/aromatic N) is 6. The smallest absolute Gasteiger partial charge is 0.225 e. The standard InChI is InChI=1S/C30H26ClN7OS/c1-18-24(11-10-22-5-3-4-12-33-22)40-29-26(18)27(20-6-8-21(31)9-7-20)34-23(28-36-35-19(2)38(28)29)13-25(39)37-16-30(17-37)14-32-15-30/h3-9,12,23,32H,13-17H2,1-2H3/t23-/m0/s1. The van der Waals surface area contributed by atoms with Crippen LogP contribution in [0.4, 0.5) is 0 Å². The van der Waals surface area contributed by atoms with Crippen molar-refractivity contribution in [3.8, 4) is 16.8 Å². The number of hydrogen-bond donors (Lipinski definition) is 1. The van der Waals surface area contributed by atoms with Gasteiger partial charge in [-0.1, -0.05) is 29.8 Å². The Labute approximate surface area is 241 Å². The van der Waals surface area contributed by atoms with E-state index in [-0.39, 0.29) is 17.7 Å². The van der Waals surface area contributed by atoms with Crippen molar-refractivity contribution in [2.24, 2.45) is 10.4 Å². The number of fused-ring (bicyclic) bond motifs is 3. The Hall–Kier alpha value is -3.84. The zero-order chi connectivity index (χ0) is 27.4. The molecule has 8 nitrogen and oxygen atoms in total. The maximum atomic E-state index is 13.4. The van der Waals surface area contributed by atoms with Gasteiger partial charge in [-0.2, -0.15) is 0 Å². The van der Waals surface area contributed by atoms with Gasteiger partial charge in [0.15, 0.2) is 5.82 Å². The first-order valence-electron chi connectivity index (χ1n) is 13.2. The summed E-state index contributed by atoms with van der Waals surface area (Å²) < 4.78 is 2.05. The molecule has 40 heavy (non-hydrogen) atoms. The first-order valence-corrected chi connectivity index (χ1v) is 14.4. The van der Waals surface area contributed by atoms with Crippen LogP contribution in [-0.4, -0.2) is 62.4 Å². The van der Waals surface area contributed by atoms with Gasteiger partial charge >= 0.3 is 0 Å². The van der Waals surface area contributed by atoms with Crippen LogP contribution in [0, 0.1) is 31.1 Å². The van der Waals surface area contributed by atoms with Crippen molar-refractivity contribution in [3.63, 3.8) is 0 Å². The van der Waals surface area contributed by atoms with E-state index in [4.69, 9.17) is 16.6 Å². The molecule has 2 fully saturated rings. The van der Waals surface area contributed by atoms with E-state index in [1.54, 1.807) is 17.5 Å². The fraction of sp³-hybridized carbons (Fsp3) is 0.300. The number of nitrogens with one attached hydrogen (secondary N) is 1. The SMILES string of the molecule is Cc1c(C#Cc2ccccn2)sc2c1C(c1ccc(Cl)cc1)=N[C@@H](CC(=O)N1CC3(CNC3)C1)c1nnc(C)n1-2. The van der Waals surface area contributed by atoms with Gasteiger partial charge in [-0.3, -0.25) is 14.4 Å². The van der Waals surface area contributed by atoms with Gasteiger partial charge in [0.25, 0.3) is 0 Å². The van der Waals surface area contributed by atoms with Crippen LogP contribution < -0.4 is 5.32 Å². The first-order chi connectivity index (χ1) is 19.4. The third-order valence-electron chi connectivity index (χ3n) is 7.86. The molecule has 0 saturated carbocycles. The molecular weight excluding hydrogens is 542 g/mol. The van der Waals surface area contributed by atoms with Crippen molar-refractivity contribution in [1.29, 1.82) is 0 Å². The Kier molecular flexibility index (Phi) is 6.08. The summed E-state index contributed by atoms with van der Waals surface area (Å²) in [7, 11) is 0. The van der Waals surface area contributed by atoms with Crippen LogP contribution in [0.2, 0.25) is 5.02 Å². The molecule has 3 aromatic heterocycles. The molecular formula is C30H26ClN7OS. The van der Waals surface area contributed by atoms with Crippen molar-refractivity contribution >= 4 is 34.6 Å². The lowest BCUT2D eigenvalue weighted by atomic mass is 9.74. The Morgan fingerprint density at radius 1 is 1.12 bits per heavy atom. The van der Waals surface area contributed by atoms with E-state index in [1.165, 1.54) is 0 Å². The third-order valence-corrected chi connectivity index (χ3v) is 9.31. The predicted octanol–water partition coefficient (Wildman–Crippen LogP) is 4.11. The van der Waals surface area contributed by atoms with Gasteiger partial charge < -0.3 is 10.2 Å². The van der Waals surface area contributed by atoms with Gasteiger partial charge in [0.1, 0.15) is 22.6 Å². The highest BCUT2D eigenvalue weighted by Crippen LogP contribution is 2.41. The van der Waals surface area contributed by atoms with Crippen LogP contribution in [0.5, 0.6) is 0 Å². The molecule has 200 valence electrons. The molecule has 1 N–H and O–H groups in total. The number of halogens is 1. The van der Waals surface area contributed by atoms with Gasteiger partial charge in [0.05, 0.1) is 17.0 Å². The molecule has 2 saturated heterocycles. The average molecular weight is 568 g/mol. The van der Waals surface area contributed by atoms with Crippen LogP contribution in [-0.2, 0) is 4.79 Å². The second-order valence-corrected chi connectivity index (χ2v) is 12.1. The van der Waals surface area contributed by atoms with Gasteiger partial charge in [-0.05, 0) is 55.5 Å². The molecule has 7 rings (SSSR count). The number of benzene rings is 1. The van der Waals surface area contributed by atoms with Gasteiger partial charge in [0, 0.05) is 53.9 Å². The number of carbonyl (C=O) groups excluding carboxylic acids is 1. The van der Waals surface area contributed by atoms with Gasteiger partial charge in [0.2, 0.25) is 5.91 Å². The average Bonchev–Trinajstić information content (AvgIpc) is 3.39. The van der Waals surface area contributed by atoms with Gasteiger partial charge in [-0.15, -0.1) is 21.5 Å². The molecule has 6 heterocycles. The number of thiophene rings is 1. The minimum Gasteiger partial charge on any atom is -0.341 e. The topological polar surface area (TPSA) is 88.3 Å². The highest BCUT2D eigenvalue weighted by molar-refractivity contribution is 7.15. The number of aliphatic imine (C=N–C) groups is 1. The Balaban J connectivity index is 1.33. The predicted molar refractivity (Wildman–Crippen MR) is 155 cm³/mol. The molecule has 0 bridgehead atoms. The summed E-state index contributed by atoms with van der Waals surface area (Å²) in [4.78, 5) is 25.9. The number of aromatic nitrogens is 4. The summed E-state index contributed by atoms with van der Waals surface area (Å²) in [5.74, 6) is 8.04. The molecule has 1 atom stereocenters. The van der Waals surface area contributed by atoms with Gasteiger partial charge in [-0.25, -0.2) is 4.98 Å². The quantitative estimate of drug-likeness (QED) is 0.377. The minimum absolute atomic E-state index is 0.0952. The minimum atomic E-state index is -0.475. The van der Waals surface area contributed by atoms with Crippen molar-refractivity contribution in [1.82, 2.24) is 30.0 Å². The number of likely N-dealkylation sites (tertiary alicyclic amines) is 1. The van der Waals surface area contributed by atoms with E-state index in [0.717, 1.165) is 64.3 Å². The normalized spacial score (nSPS) is 18.4. The highest BCUT2D eigenvalue weighted by atomic mass is 35.5. The monoisotopic (exact) mass is 567 g/mol. The van der Waals surface area contributed by atoms with E-state index >= 15 is 0 Å². The summed E-state index contributed by atoms with van der Waals surface area (Å²) in [5.41, 5.74) is 4.69. The van der Waals surface area contributed by atoms with E-state index < -0.39 is 6.04 Å². The third kappa shape index (κ3) is 4.24. The molecule has 0 radical (unpaired) electrons. The molecule has 1 amide bonds. The molecule has 10 heteroatoms. The number of pyridine rings is 1. The summed E-state index contributed by atoms with van der Waals surface area (Å²) in [5, 5.41) is 13.9. The Bertz CT molecular complexity index is 1720. The Morgan fingerprint density at radius 2 is 1.93 bits per heavy atom. The maximum Gasteiger partial charge on any atom is 0.225 e. The van der Waals surface area contributed by atoms with E-state index in [0.29, 0.717) is 16.5 Å². The van der Waals surface area contributed by atoms with Crippen LogP contribution in [0.25, 0.3) is 5.00 Å². The second-order valence-electron chi connectivity index (χ2n) is 10.7. The number of rotatable bonds is 3. The molecule has 0 aliphatic carbocycles. The summed E-state index contributed by atoms with van der Waals surface area (Å²) in [6.07, 6.45) is 1.97. The summed E-state index contributed by atoms with van der Waals surface area (Å²) in [6.45, 7) is 7.57. The molecule has 4 aromatic rings. The maximum absolute atomic E-state index is 13.4. The summed E-state index contributed by atoms with van der Waals surface area (Å²) in [6, 6.07) is 12.9. The molecule has 1 aromatic carbocycles. The number of amides is 1. The van der Waals surface area contributed by atoms with Crippen molar-refractivity contribution in [2.45, 2.75) is 26.3 Å². The fourth-order valence-corrected chi connectivity index (χ4v) is 6.98. The van der Waals surface area contributed by atoms with Crippen molar-refractivity contribution < 1.29 is 4.79 Å². The van der Waals surface area contributed by atoms with E-state index in [1.807, 2.05) is 54.3 Å². The first kappa shape index (κ1) is 25.1. The highest BCUT2D eigenvalue weighted by Gasteiger charge is 2.49. The van der Waals surface area contributed by atoms with Crippen LogP contribution in [0.1, 0.15) is 51.4 Å². The zero-order valence-electron chi connectivity index (χ0n) is 22.1. The van der Waals surface area contributed by atoms with Crippen LogP contribution >= 0.6 is 22.9 Å². The van der Waals surface area contributed by atoms with Crippen LogP contribution in [0.15, 0.2) is 53.7 Å². The largest absolute Gasteiger partial charge is 0.341 e. The Morgan fingerprint density at radius 3 is 2.62 bits per heavy atom. The molecule has 0 unspecified atom stereocenters. The lowest BCUT2D eigenvalue weighted by Crippen LogP contribution is -2.71. The summed E-state index contributed by atoms with van der Waals surface area (Å²) >= 11 is 7.83. The molecule has 3 aliphatic rings. The lowest BCUT2D eigenvalue weighted by molar-refractivity contribution is -0.147. The molecule has 3 aliphatic heterocycles. The number of hydrogen-bond acceptors (Lipinski definition) is 7. The van der Waals surface area contributed by atoms with E-state index in [2.05, 4.69) is 43.8 Å². The van der Waals surface area contributed by atoms with Crippen molar-refractivity contribution in [2.75, 3.05) is 26.2 Å². The fourth-order valence-electron chi connectivity index (χ4n) is 5.63. The molecule has 1 spiro atoms. The van der Waals surface area contributed by atoms with Crippen LogP contribution in [0.3, 0.4) is 0 Å².